The lowest BCUT2D eigenvalue weighted by Gasteiger charge is -2.21. The number of nitrogens with zero attached hydrogens (tertiary/aromatic N) is 3. The molecular weight excluding hydrogens is 709 g/mol. The van der Waals surface area contributed by atoms with E-state index in [0.717, 1.165) is 31.2 Å². The number of aromatic nitrogens is 3. The van der Waals surface area contributed by atoms with Gasteiger partial charge in [-0.1, -0.05) is 43.0 Å². The van der Waals surface area contributed by atoms with Gasteiger partial charge in [-0.3, -0.25) is 14.4 Å². The van der Waals surface area contributed by atoms with Crippen molar-refractivity contribution in [1.82, 2.24) is 30.9 Å². The first-order valence-electron chi connectivity index (χ1n) is 16.8. The van der Waals surface area contributed by atoms with Gasteiger partial charge in [-0.15, -0.1) is 0 Å². The number of rotatable bonds is 15. The number of halogens is 4. The molecule has 52 heavy (non-hydrogen) atoms. The molecular formula is C34H38ClF3N8O6. The topological polar surface area (TPSA) is 197 Å². The Morgan fingerprint density at radius 3 is 2.19 bits per heavy atom. The van der Waals surface area contributed by atoms with E-state index in [2.05, 4.69) is 41.5 Å². The molecule has 3 aromatic rings. The van der Waals surface area contributed by atoms with Gasteiger partial charge in [0, 0.05) is 29.4 Å². The van der Waals surface area contributed by atoms with Crippen molar-refractivity contribution >= 4 is 52.9 Å². The van der Waals surface area contributed by atoms with E-state index in [4.69, 9.17) is 16.3 Å². The van der Waals surface area contributed by atoms with Crippen molar-refractivity contribution in [3.8, 4) is 6.01 Å². The van der Waals surface area contributed by atoms with Crippen LogP contribution in [0.2, 0.25) is 5.02 Å². The van der Waals surface area contributed by atoms with Crippen molar-refractivity contribution < 1.29 is 42.2 Å². The molecule has 1 atom stereocenters. The van der Waals surface area contributed by atoms with E-state index in [1.54, 1.807) is 12.1 Å². The lowest BCUT2D eigenvalue weighted by Crippen LogP contribution is -2.45. The second-order valence-corrected chi connectivity index (χ2v) is 13.1. The Balaban J connectivity index is 1.17. The molecule has 0 unspecified atom stereocenters. The Morgan fingerprint density at radius 2 is 1.56 bits per heavy atom. The smallest absolute Gasteiger partial charge is 0.422 e. The second kappa shape index (κ2) is 16.9. The maximum Gasteiger partial charge on any atom is 0.422 e. The van der Waals surface area contributed by atoms with Crippen LogP contribution in [0.25, 0.3) is 0 Å². The highest BCUT2D eigenvalue weighted by Gasteiger charge is 2.45. The minimum atomic E-state index is -4.64. The van der Waals surface area contributed by atoms with Crippen LogP contribution in [0.1, 0.15) is 67.3 Å². The number of hydrogen-bond donors (Lipinski definition) is 6. The third kappa shape index (κ3) is 11.2. The summed E-state index contributed by atoms with van der Waals surface area (Å²) in [5, 5.41) is 23.6. The van der Waals surface area contributed by atoms with Gasteiger partial charge in [0.2, 0.25) is 11.9 Å². The van der Waals surface area contributed by atoms with Crippen LogP contribution in [0.4, 0.5) is 30.8 Å². The number of carboxylic acids is 1. The molecule has 0 radical (unpaired) electrons. The van der Waals surface area contributed by atoms with E-state index in [1.807, 2.05) is 12.1 Å². The lowest BCUT2D eigenvalue weighted by atomic mass is 9.89. The number of ether oxygens (including phenoxy) is 1. The molecule has 18 heteroatoms. The summed E-state index contributed by atoms with van der Waals surface area (Å²) >= 11 is 6.02. The molecule has 2 aliphatic carbocycles. The summed E-state index contributed by atoms with van der Waals surface area (Å²) in [6.07, 6.45) is 1.94. The number of hydrogen-bond acceptors (Lipinski definition) is 10. The highest BCUT2D eigenvalue weighted by Crippen LogP contribution is 2.48. The number of benzene rings is 2. The monoisotopic (exact) mass is 746 g/mol. The van der Waals surface area contributed by atoms with Gasteiger partial charge in [-0.2, -0.15) is 28.1 Å². The molecule has 2 saturated carbocycles. The van der Waals surface area contributed by atoms with Crippen molar-refractivity contribution in [1.29, 1.82) is 0 Å². The highest BCUT2D eigenvalue weighted by atomic mass is 35.5. The molecule has 1 aromatic heterocycles. The van der Waals surface area contributed by atoms with E-state index in [-0.39, 0.29) is 30.4 Å². The molecule has 0 bridgehead atoms. The summed E-state index contributed by atoms with van der Waals surface area (Å²) in [4.78, 5) is 61.3. The largest absolute Gasteiger partial charge is 0.480 e. The summed E-state index contributed by atoms with van der Waals surface area (Å²) in [5.74, 6) is -3.58. The zero-order valence-electron chi connectivity index (χ0n) is 27.9. The van der Waals surface area contributed by atoms with Crippen LogP contribution in [-0.2, 0) is 19.9 Å². The number of amides is 3. The molecule has 278 valence electrons. The first kappa shape index (κ1) is 38.1. The fourth-order valence-electron chi connectivity index (χ4n) is 5.72. The predicted octanol–water partition coefficient (Wildman–Crippen LogP) is 4.70. The summed E-state index contributed by atoms with van der Waals surface area (Å²) < 4.78 is 43.6. The van der Waals surface area contributed by atoms with Crippen LogP contribution in [0.5, 0.6) is 6.01 Å². The predicted molar refractivity (Wildman–Crippen MR) is 183 cm³/mol. The summed E-state index contributed by atoms with van der Waals surface area (Å²) in [6, 6.07) is 10.9. The van der Waals surface area contributed by atoms with Crippen LogP contribution in [-0.4, -0.2) is 75.7 Å². The minimum Gasteiger partial charge on any atom is -0.480 e. The summed E-state index contributed by atoms with van der Waals surface area (Å²) in [6.45, 7) is -1.39. The maximum absolute atomic E-state index is 12.9. The van der Waals surface area contributed by atoms with Gasteiger partial charge < -0.3 is 36.4 Å². The molecule has 5 rings (SSSR count). The first-order chi connectivity index (χ1) is 24.8. The van der Waals surface area contributed by atoms with E-state index in [1.165, 1.54) is 30.7 Å². The van der Waals surface area contributed by atoms with Crippen LogP contribution < -0.4 is 31.3 Å². The normalized spacial score (nSPS) is 15.8. The van der Waals surface area contributed by atoms with Crippen LogP contribution in [0.15, 0.2) is 48.5 Å². The molecule has 6 N–H and O–H groups in total. The Hall–Kier alpha value is -5.19. The van der Waals surface area contributed by atoms with Crippen LogP contribution in [0, 0.1) is 5.92 Å². The maximum atomic E-state index is 12.9. The van der Waals surface area contributed by atoms with Gasteiger partial charge in [-0.25, -0.2) is 4.79 Å². The fourth-order valence-corrected chi connectivity index (χ4v) is 5.85. The van der Waals surface area contributed by atoms with Gasteiger partial charge in [0.15, 0.2) is 6.61 Å². The average Bonchev–Trinajstić information content (AvgIpc) is 3.90. The number of alkyl halides is 3. The molecule has 0 aliphatic heterocycles. The van der Waals surface area contributed by atoms with Crippen molar-refractivity contribution in [3.05, 3.63) is 64.7 Å². The zero-order chi connectivity index (χ0) is 37.3. The van der Waals surface area contributed by atoms with Gasteiger partial charge in [0.1, 0.15) is 6.04 Å². The third-order valence-corrected chi connectivity index (χ3v) is 8.94. The molecule has 3 amide bonds. The fraction of sp³-hybridized carbons (Fsp3) is 0.441. The van der Waals surface area contributed by atoms with Crippen molar-refractivity contribution in [3.63, 3.8) is 0 Å². The summed E-state index contributed by atoms with van der Waals surface area (Å²) in [5.41, 5.74) is 0.768. The van der Waals surface area contributed by atoms with Crippen molar-refractivity contribution in [2.45, 2.75) is 69.1 Å². The van der Waals surface area contributed by atoms with Crippen molar-refractivity contribution in [2.24, 2.45) is 5.92 Å². The van der Waals surface area contributed by atoms with E-state index in [0.29, 0.717) is 36.0 Å². The molecule has 2 aromatic carbocycles. The van der Waals surface area contributed by atoms with Crippen LogP contribution >= 0.6 is 11.6 Å². The second-order valence-electron chi connectivity index (χ2n) is 12.7. The minimum absolute atomic E-state index is 0.0332. The summed E-state index contributed by atoms with van der Waals surface area (Å²) in [7, 11) is 0. The number of nitrogens with one attached hydrogen (secondary N) is 5. The Morgan fingerprint density at radius 1 is 0.904 bits per heavy atom. The average molecular weight is 747 g/mol. The van der Waals surface area contributed by atoms with Crippen molar-refractivity contribution in [2.75, 3.05) is 30.3 Å². The quantitative estimate of drug-likeness (QED) is 0.118. The number of carboxylic acid groups (broad SMARTS) is 1. The number of anilines is 3. The third-order valence-electron chi connectivity index (χ3n) is 8.69. The number of carbonyl (C=O) groups is 4. The Labute approximate surface area is 301 Å². The van der Waals surface area contributed by atoms with Crippen LogP contribution in [0.3, 0.4) is 0 Å². The van der Waals surface area contributed by atoms with Gasteiger partial charge in [0.25, 0.3) is 5.91 Å². The lowest BCUT2D eigenvalue weighted by molar-refractivity contribution is -0.154. The molecule has 0 saturated heterocycles. The Bertz CT molecular complexity index is 1740. The van der Waals surface area contributed by atoms with E-state index in [9.17, 15) is 37.5 Å². The van der Waals surface area contributed by atoms with E-state index >= 15 is 0 Å². The zero-order valence-corrected chi connectivity index (χ0v) is 28.6. The molecule has 2 fully saturated rings. The van der Waals surface area contributed by atoms with Gasteiger partial charge in [-0.05, 0) is 80.0 Å². The number of carbonyl (C=O) groups excluding carboxylic acids is 3. The Kier molecular flexibility index (Phi) is 12.4. The van der Waals surface area contributed by atoms with E-state index < -0.39 is 54.1 Å². The molecule has 2 aliphatic rings. The molecule has 0 spiro atoms. The molecule has 1 heterocycles. The SMILES string of the molecule is O=C(NCC[C@H](NC(=O)c1ccc(Nc2nc(NC3(c4ccc(Cl)cc4)CC3)nc(OCC(F)(F)F)n2)cc1)C(=O)O)C(=O)NCC1CCCCC1. The first-order valence-corrected chi connectivity index (χ1v) is 17.1. The van der Waals surface area contributed by atoms with Gasteiger partial charge >= 0.3 is 30.0 Å². The van der Waals surface area contributed by atoms with Gasteiger partial charge in [0.05, 0.1) is 5.54 Å². The highest BCUT2D eigenvalue weighted by molar-refractivity contribution is 6.35. The number of aliphatic carboxylic acids is 1. The standard InChI is InChI=1S/C34H38ClF3N8O6/c35-23-10-8-22(9-11-23)33(15-16-33)46-31-43-30(44-32(45-31)52-19-34(36,37)38)41-24-12-6-21(7-13-24)26(47)42-25(29(50)51)14-17-39-27(48)28(49)40-18-20-4-2-1-3-5-20/h6-13,20,25H,1-5,14-19H2,(H,39,48)(H,40,49)(H,42,47)(H,50,51)(H2,41,43,44,45,46)/t25-/m0/s1. The molecule has 14 nitrogen and oxygen atoms in total.